The van der Waals surface area contributed by atoms with Gasteiger partial charge in [-0.25, -0.2) is 4.79 Å². The Balaban J connectivity index is 1.55. The highest BCUT2D eigenvalue weighted by Crippen LogP contribution is 2.41. The summed E-state index contributed by atoms with van der Waals surface area (Å²) in [5, 5.41) is 3.93. The van der Waals surface area contributed by atoms with Gasteiger partial charge in [-0.2, -0.15) is 0 Å². The number of nitrogens with one attached hydrogen (secondary N) is 1. The maximum atomic E-state index is 13.4. The molecular weight excluding hydrogens is 424 g/mol. The van der Waals surface area contributed by atoms with E-state index in [1.807, 2.05) is 24.3 Å². The molecule has 34 heavy (non-hydrogen) atoms. The summed E-state index contributed by atoms with van der Waals surface area (Å²) < 4.78 is 5.64. The second kappa shape index (κ2) is 10.1. The lowest BCUT2D eigenvalue weighted by atomic mass is 9.68. The van der Waals surface area contributed by atoms with Crippen molar-refractivity contribution in [2.45, 2.75) is 85.6 Å². The van der Waals surface area contributed by atoms with Crippen molar-refractivity contribution in [3.05, 3.63) is 41.1 Å². The van der Waals surface area contributed by atoms with Crippen molar-refractivity contribution >= 4 is 22.8 Å². The molecule has 2 aliphatic carbocycles. The summed E-state index contributed by atoms with van der Waals surface area (Å²) in [4.78, 5) is 31.0. The number of rotatable bonds is 6. The molecule has 0 radical (unpaired) electrons. The number of para-hydroxylation sites is 1. The van der Waals surface area contributed by atoms with Crippen LogP contribution in [0.25, 0.3) is 10.9 Å². The predicted octanol–water partition coefficient (Wildman–Crippen LogP) is 5.87. The van der Waals surface area contributed by atoms with Gasteiger partial charge in [0.05, 0.1) is 11.1 Å². The lowest BCUT2D eigenvalue weighted by Crippen LogP contribution is -2.45. The molecule has 0 spiro atoms. The molecular formula is C29H40N2O3. The Morgan fingerprint density at radius 2 is 1.91 bits per heavy atom. The van der Waals surface area contributed by atoms with E-state index in [4.69, 9.17) is 9.72 Å². The molecule has 5 heteroatoms. The quantitative estimate of drug-likeness (QED) is 0.543. The minimum Gasteiger partial charge on any atom is -0.452 e. The predicted molar refractivity (Wildman–Crippen MR) is 136 cm³/mol. The first-order chi connectivity index (χ1) is 16.2. The molecule has 2 aromatic rings. The molecule has 1 N–H and O–H groups in total. The minimum absolute atomic E-state index is 0.154. The van der Waals surface area contributed by atoms with Gasteiger partial charge in [-0.1, -0.05) is 72.1 Å². The summed E-state index contributed by atoms with van der Waals surface area (Å²) >= 11 is 0. The van der Waals surface area contributed by atoms with Crippen LogP contribution in [0.2, 0.25) is 0 Å². The molecule has 1 aromatic heterocycles. The van der Waals surface area contributed by atoms with Crippen LogP contribution in [-0.2, 0) is 22.4 Å². The summed E-state index contributed by atoms with van der Waals surface area (Å²) in [7, 11) is 0. The van der Waals surface area contributed by atoms with Crippen LogP contribution in [0.1, 0.15) is 88.3 Å². The molecule has 2 aliphatic rings. The summed E-state index contributed by atoms with van der Waals surface area (Å²) in [5.74, 6) is 0.888. The Morgan fingerprint density at radius 3 is 2.68 bits per heavy atom. The van der Waals surface area contributed by atoms with Crippen LogP contribution in [0.4, 0.5) is 0 Å². The second-order valence-corrected chi connectivity index (χ2v) is 11.2. The van der Waals surface area contributed by atoms with Crippen LogP contribution in [0, 0.1) is 23.2 Å². The number of hydrogen-bond donors (Lipinski definition) is 1. The Labute approximate surface area is 204 Å². The number of fused-ring (bicyclic) bond motifs is 2. The van der Waals surface area contributed by atoms with Gasteiger partial charge in [0, 0.05) is 17.1 Å². The Bertz CT molecular complexity index is 1060. The first-order valence-corrected chi connectivity index (χ1v) is 13.1. The average molecular weight is 465 g/mol. The van der Waals surface area contributed by atoms with Crippen molar-refractivity contribution in [2.24, 2.45) is 23.2 Å². The van der Waals surface area contributed by atoms with Gasteiger partial charge in [0.1, 0.15) is 0 Å². The van der Waals surface area contributed by atoms with Gasteiger partial charge in [-0.05, 0) is 60.5 Å². The van der Waals surface area contributed by atoms with Crippen LogP contribution in [0.5, 0.6) is 0 Å². The fraction of sp³-hybridized carbons (Fsp3) is 0.621. The third kappa shape index (κ3) is 4.99. The maximum absolute atomic E-state index is 13.4. The molecule has 4 atom stereocenters. The third-order valence-electron chi connectivity index (χ3n) is 8.87. The molecule has 1 fully saturated rings. The highest BCUT2D eigenvalue weighted by molar-refractivity contribution is 6.05. The number of amides is 1. The number of nitrogens with zero attached hydrogens (tertiary/aromatic N) is 1. The van der Waals surface area contributed by atoms with Crippen LogP contribution in [-0.4, -0.2) is 29.5 Å². The van der Waals surface area contributed by atoms with Crippen molar-refractivity contribution < 1.29 is 14.3 Å². The van der Waals surface area contributed by atoms with E-state index in [1.165, 1.54) is 6.42 Å². The number of esters is 1. The van der Waals surface area contributed by atoms with Gasteiger partial charge in [0.25, 0.3) is 5.91 Å². The second-order valence-electron chi connectivity index (χ2n) is 11.2. The molecule has 184 valence electrons. The highest BCUT2D eigenvalue weighted by Gasteiger charge is 2.35. The van der Waals surface area contributed by atoms with Crippen LogP contribution in [0.3, 0.4) is 0 Å². The lowest BCUT2D eigenvalue weighted by molar-refractivity contribution is -0.125. The summed E-state index contributed by atoms with van der Waals surface area (Å²) in [5.41, 5.74) is 3.62. The molecule has 1 aromatic carbocycles. The number of ether oxygens (including phenoxy) is 1. The Hall–Kier alpha value is -2.43. The molecule has 4 rings (SSSR count). The van der Waals surface area contributed by atoms with E-state index in [0.717, 1.165) is 60.7 Å². The van der Waals surface area contributed by atoms with E-state index in [0.29, 0.717) is 23.3 Å². The van der Waals surface area contributed by atoms with Gasteiger partial charge < -0.3 is 10.1 Å². The average Bonchev–Trinajstić information content (AvgIpc) is 2.83. The van der Waals surface area contributed by atoms with Crippen molar-refractivity contribution in [2.75, 3.05) is 6.61 Å². The topological polar surface area (TPSA) is 68.3 Å². The maximum Gasteiger partial charge on any atom is 0.339 e. The standard InChI is InChI=1S/C29H40N2O3/c1-6-29(4,5)20-14-15-25-22(16-20)27(21-11-7-8-12-24(21)30-25)28(33)34-17-26(32)31-23-13-9-10-18(2)19(23)3/h7-8,11-12,18-20,23H,6,9-10,13-17H2,1-5H3,(H,31,32). The molecule has 1 heterocycles. The first kappa shape index (κ1) is 24.7. The van der Waals surface area contributed by atoms with Gasteiger partial charge in [-0.3, -0.25) is 9.78 Å². The monoisotopic (exact) mass is 464 g/mol. The van der Waals surface area contributed by atoms with E-state index in [-0.39, 0.29) is 24.0 Å². The smallest absolute Gasteiger partial charge is 0.339 e. The normalized spacial score (nSPS) is 25.0. The van der Waals surface area contributed by atoms with Gasteiger partial charge in [0.15, 0.2) is 6.61 Å². The molecule has 0 bridgehead atoms. The molecule has 1 saturated carbocycles. The third-order valence-corrected chi connectivity index (χ3v) is 8.87. The van der Waals surface area contributed by atoms with Crippen molar-refractivity contribution in [3.63, 3.8) is 0 Å². The van der Waals surface area contributed by atoms with E-state index in [1.54, 1.807) is 0 Å². The Morgan fingerprint density at radius 1 is 1.15 bits per heavy atom. The zero-order chi connectivity index (χ0) is 24.5. The highest BCUT2D eigenvalue weighted by atomic mass is 16.5. The summed E-state index contributed by atoms with van der Waals surface area (Å²) in [6, 6.07) is 7.93. The first-order valence-electron chi connectivity index (χ1n) is 13.1. The van der Waals surface area contributed by atoms with E-state index in [9.17, 15) is 9.59 Å². The Kier molecular flexibility index (Phi) is 7.30. The van der Waals surface area contributed by atoms with Crippen molar-refractivity contribution in [3.8, 4) is 0 Å². The summed E-state index contributed by atoms with van der Waals surface area (Å²) in [6.07, 6.45) is 7.18. The van der Waals surface area contributed by atoms with Crippen LogP contribution >= 0.6 is 0 Å². The van der Waals surface area contributed by atoms with Crippen LogP contribution < -0.4 is 5.32 Å². The fourth-order valence-corrected chi connectivity index (χ4v) is 5.81. The largest absolute Gasteiger partial charge is 0.452 e. The van der Waals surface area contributed by atoms with Gasteiger partial charge in [0.2, 0.25) is 0 Å². The van der Waals surface area contributed by atoms with Gasteiger partial charge in [-0.15, -0.1) is 0 Å². The SMILES string of the molecule is CCC(C)(C)C1CCc2nc3ccccc3c(C(=O)OCC(=O)NC3CCCC(C)C3C)c2C1. The number of pyridine rings is 1. The minimum atomic E-state index is -0.412. The number of hydrogen-bond acceptors (Lipinski definition) is 4. The number of carbonyl (C=O) groups is 2. The fourth-order valence-electron chi connectivity index (χ4n) is 5.81. The molecule has 4 unspecified atom stereocenters. The number of aryl methyl sites for hydroxylation is 1. The van der Waals surface area contributed by atoms with E-state index >= 15 is 0 Å². The van der Waals surface area contributed by atoms with E-state index < -0.39 is 5.97 Å². The van der Waals surface area contributed by atoms with Gasteiger partial charge >= 0.3 is 5.97 Å². The van der Waals surface area contributed by atoms with E-state index in [2.05, 4.69) is 39.9 Å². The van der Waals surface area contributed by atoms with Crippen molar-refractivity contribution in [1.82, 2.24) is 10.3 Å². The number of aromatic nitrogens is 1. The number of carbonyl (C=O) groups excluding carboxylic acids is 2. The molecule has 5 nitrogen and oxygen atoms in total. The zero-order valence-corrected chi connectivity index (χ0v) is 21.4. The van der Waals surface area contributed by atoms with Crippen LogP contribution in [0.15, 0.2) is 24.3 Å². The zero-order valence-electron chi connectivity index (χ0n) is 21.4. The molecule has 0 saturated heterocycles. The van der Waals surface area contributed by atoms with Crippen molar-refractivity contribution in [1.29, 1.82) is 0 Å². The molecule has 0 aliphatic heterocycles. The molecule has 1 amide bonds. The number of benzene rings is 1. The summed E-state index contributed by atoms with van der Waals surface area (Å²) in [6.45, 7) is 11.1. The lowest BCUT2D eigenvalue weighted by Gasteiger charge is -2.37.